The van der Waals surface area contributed by atoms with Crippen molar-refractivity contribution in [1.82, 2.24) is 19.1 Å². The zero-order chi connectivity index (χ0) is 19.6. The molecule has 148 valence electrons. The molecule has 0 aromatic carbocycles. The summed E-state index contributed by atoms with van der Waals surface area (Å²) in [4.78, 5) is 17.8. The molecule has 0 N–H and O–H groups in total. The van der Waals surface area contributed by atoms with Crippen molar-refractivity contribution in [2.75, 3.05) is 37.7 Å². The lowest BCUT2D eigenvalue weighted by Gasteiger charge is -2.32. The lowest BCUT2D eigenvalue weighted by atomic mass is 10.3. The molecule has 3 rings (SSSR count). The van der Waals surface area contributed by atoms with Gasteiger partial charge in [-0.15, -0.1) is 0 Å². The lowest BCUT2D eigenvalue weighted by Crippen LogP contribution is -2.48. The predicted octanol–water partition coefficient (Wildman–Crippen LogP) is 0.658. The molecule has 0 atom stereocenters. The SMILES string of the molecule is CCOC(=O)c1cnc(N2CCN(S(=O)(=O)c3cn(C)nc3CC)CC2)o1. The first-order valence-corrected chi connectivity index (χ1v) is 10.2. The van der Waals surface area contributed by atoms with Crippen molar-refractivity contribution in [3.05, 3.63) is 23.8 Å². The molecule has 2 aromatic rings. The highest BCUT2D eigenvalue weighted by Gasteiger charge is 2.32. The molecule has 0 spiro atoms. The van der Waals surface area contributed by atoms with Gasteiger partial charge in [0, 0.05) is 39.4 Å². The predicted molar refractivity (Wildman–Crippen MR) is 96.0 cm³/mol. The average molecular weight is 397 g/mol. The maximum atomic E-state index is 12.9. The van der Waals surface area contributed by atoms with Crippen molar-refractivity contribution in [2.24, 2.45) is 7.05 Å². The van der Waals surface area contributed by atoms with Crippen LogP contribution in [-0.2, 0) is 28.2 Å². The van der Waals surface area contributed by atoms with Gasteiger partial charge in [-0.1, -0.05) is 6.92 Å². The third-order valence-corrected chi connectivity index (χ3v) is 6.24. The molecule has 27 heavy (non-hydrogen) atoms. The van der Waals surface area contributed by atoms with Gasteiger partial charge in [-0.2, -0.15) is 9.40 Å². The van der Waals surface area contributed by atoms with E-state index in [4.69, 9.17) is 9.15 Å². The van der Waals surface area contributed by atoms with Crippen LogP contribution >= 0.6 is 0 Å². The molecule has 0 unspecified atom stereocenters. The minimum Gasteiger partial charge on any atom is -0.460 e. The highest BCUT2D eigenvalue weighted by atomic mass is 32.2. The van der Waals surface area contributed by atoms with E-state index < -0.39 is 16.0 Å². The quantitative estimate of drug-likeness (QED) is 0.654. The van der Waals surface area contributed by atoms with Gasteiger partial charge in [-0.3, -0.25) is 4.68 Å². The highest BCUT2D eigenvalue weighted by molar-refractivity contribution is 7.89. The number of esters is 1. The van der Waals surface area contributed by atoms with E-state index in [1.54, 1.807) is 25.1 Å². The number of carbonyl (C=O) groups is 1. The van der Waals surface area contributed by atoms with Crippen molar-refractivity contribution < 1.29 is 22.4 Å². The van der Waals surface area contributed by atoms with Gasteiger partial charge < -0.3 is 14.1 Å². The Kier molecular flexibility index (Phi) is 5.51. The van der Waals surface area contributed by atoms with Crippen LogP contribution in [0.5, 0.6) is 0 Å². The monoisotopic (exact) mass is 397 g/mol. The van der Waals surface area contributed by atoms with Gasteiger partial charge in [0.2, 0.25) is 15.8 Å². The molecular formula is C16H23N5O5S. The second-order valence-corrected chi connectivity index (χ2v) is 7.99. The molecule has 0 radical (unpaired) electrons. The molecule has 0 bridgehead atoms. The first-order chi connectivity index (χ1) is 12.9. The smallest absolute Gasteiger partial charge is 0.376 e. The number of nitrogens with zero attached hydrogens (tertiary/aromatic N) is 5. The minimum atomic E-state index is -3.61. The summed E-state index contributed by atoms with van der Waals surface area (Å²) < 4.78 is 39.2. The van der Waals surface area contributed by atoms with Crippen LogP contribution in [0.4, 0.5) is 6.01 Å². The van der Waals surface area contributed by atoms with Crippen molar-refractivity contribution >= 4 is 22.0 Å². The van der Waals surface area contributed by atoms with Crippen LogP contribution in [0.2, 0.25) is 0 Å². The summed E-state index contributed by atoms with van der Waals surface area (Å²) >= 11 is 0. The average Bonchev–Trinajstić information content (AvgIpc) is 3.29. The summed E-state index contributed by atoms with van der Waals surface area (Å²) in [7, 11) is -1.90. The zero-order valence-corrected chi connectivity index (χ0v) is 16.4. The molecule has 1 saturated heterocycles. The number of anilines is 1. The second kappa shape index (κ2) is 7.69. The number of sulfonamides is 1. The number of oxazole rings is 1. The zero-order valence-electron chi connectivity index (χ0n) is 15.6. The van der Waals surface area contributed by atoms with Gasteiger partial charge in [-0.05, 0) is 13.3 Å². The van der Waals surface area contributed by atoms with E-state index in [0.29, 0.717) is 25.2 Å². The molecule has 3 heterocycles. The molecule has 1 fully saturated rings. The van der Waals surface area contributed by atoms with Crippen LogP contribution in [0, 0.1) is 0 Å². The lowest BCUT2D eigenvalue weighted by molar-refractivity contribution is 0.0490. The van der Waals surface area contributed by atoms with Gasteiger partial charge in [0.25, 0.3) is 6.01 Å². The summed E-state index contributed by atoms with van der Waals surface area (Å²) in [5.74, 6) is -0.536. The maximum Gasteiger partial charge on any atom is 0.376 e. The third kappa shape index (κ3) is 3.83. The summed E-state index contributed by atoms with van der Waals surface area (Å²) in [6.45, 7) is 5.23. The number of aromatic nitrogens is 3. The summed E-state index contributed by atoms with van der Waals surface area (Å²) in [6, 6.07) is 0.283. The van der Waals surface area contributed by atoms with Gasteiger partial charge >= 0.3 is 5.97 Å². The number of hydrogen-bond acceptors (Lipinski definition) is 8. The molecule has 1 aliphatic heterocycles. The Bertz CT molecular complexity index is 912. The first kappa shape index (κ1) is 19.4. The Balaban J connectivity index is 1.69. The Labute approximate surface area is 157 Å². The van der Waals surface area contributed by atoms with Gasteiger partial charge in [-0.25, -0.2) is 18.2 Å². The van der Waals surface area contributed by atoms with E-state index in [-0.39, 0.29) is 36.4 Å². The Morgan fingerprint density at radius 3 is 2.59 bits per heavy atom. The number of ether oxygens (including phenoxy) is 1. The van der Waals surface area contributed by atoms with Crippen LogP contribution in [0.1, 0.15) is 30.1 Å². The van der Waals surface area contributed by atoms with E-state index in [1.165, 1.54) is 15.2 Å². The summed E-state index contributed by atoms with van der Waals surface area (Å²) in [5.41, 5.74) is 0.562. The fraction of sp³-hybridized carbons (Fsp3) is 0.562. The van der Waals surface area contributed by atoms with E-state index in [1.807, 2.05) is 6.92 Å². The van der Waals surface area contributed by atoms with Crippen LogP contribution in [0.25, 0.3) is 0 Å². The molecule has 10 nitrogen and oxygen atoms in total. The summed E-state index contributed by atoms with van der Waals surface area (Å²) in [5, 5.41) is 4.22. The first-order valence-electron chi connectivity index (χ1n) is 8.77. The van der Waals surface area contributed by atoms with E-state index in [2.05, 4.69) is 10.1 Å². The van der Waals surface area contributed by atoms with Crippen LogP contribution in [0.15, 0.2) is 21.7 Å². The number of piperazine rings is 1. The van der Waals surface area contributed by atoms with Gasteiger partial charge in [0.1, 0.15) is 4.90 Å². The number of rotatable bonds is 6. The number of aryl methyl sites for hydroxylation is 2. The Hall–Kier alpha value is -2.40. The Morgan fingerprint density at radius 2 is 1.96 bits per heavy atom. The largest absolute Gasteiger partial charge is 0.460 e. The second-order valence-electron chi connectivity index (χ2n) is 6.09. The van der Waals surface area contributed by atoms with Crippen molar-refractivity contribution in [1.29, 1.82) is 0 Å². The number of carbonyl (C=O) groups excluding carboxylic acids is 1. The fourth-order valence-corrected chi connectivity index (χ4v) is 4.63. The third-order valence-electron chi connectivity index (χ3n) is 4.30. The van der Waals surface area contributed by atoms with Crippen molar-refractivity contribution in [2.45, 2.75) is 25.2 Å². The van der Waals surface area contributed by atoms with Crippen LogP contribution in [-0.4, -0.2) is 66.2 Å². The normalized spacial score (nSPS) is 15.9. The van der Waals surface area contributed by atoms with Crippen LogP contribution in [0.3, 0.4) is 0 Å². The van der Waals surface area contributed by atoms with Gasteiger partial charge in [0.15, 0.2) is 0 Å². The standard InChI is InChI=1S/C16H23N5O5S/c1-4-12-14(11-19(3)18-12)27(23,24)21-8-6-20(7-9-21)16-17-10-13(26-16)15(22)25-5-2/h10-11H,4-9H2,1-3H3. The van der Waals surface area contributed by atoms with Crippen molar-refractivity contribution in [3.8, 4) is 0 Å². The van der Waals surface area contributed by atoms with E-state index in [9.17, 15) is 13.2 Å². The molecule has 0 aliphatic carbocycles. The molecule has 0 saturated carbocycles. The molecular weight excluding hydrogens is 374 g/mol. The highest BCUT2D eigenvalue weighted by Crippen LogP contribution is 2.23. The van der Waals surface area contributed by atoms with Crippen molar-refractivity contribution in [3.63, 3.8) is 0 Å². The van der Waals surface area contributed by atoms with E-state index >= 15 is 0 Å². The fourth-order valence-electron chi connectivity index (χ4n) is 2.94. The number of hydrogen-bond donors (Lipinski definition) is 0. The molecule has 1 aliphatic rings. The molecule has 2 aromatic heterocycles. The minimum absolute atomic E-state index is 0.0323. The topological polar surface area (TPSA) is 111 Å². The molecule has 11 heteroatoms. The van der Waals surface area contributed by atoms with E-state index in [0.717, 1.165) is 0 Å². The van der Waals surface area contributed by atoms with Crippen LogP contribution < -0.4 is 4.90 Å². The van der Waals surface area contributed by atoms with Gasteiger partial charge in [0.05, 0.1) is 18.5 Å². The summed E-state index contributed by atoms with van der Waals surface area (Å²) in [6.07, 6.45) is 3.40. The Morgan fingerprint density at radius 1 is 1.26 bits per heavy atom. The molecule has 0 amide bonds. The maximum absolute atomic E-state index is 12.9.